The first-order chi connectivity index (χ1) is 10.9. The Morgan fingerprint density at radius 1 is 1.26 bits per heavy atom. The van der Waals surface area contributed by atoms with Crippen LogP contribution in [0.5, 0.6) is 5.75 Å². The number of rotatable bonds is 6. The third kappa shape index (κ3) is 4.45. The Morgan fingerprint density at radius 2 is 2.04 bits per heavy atom. The van der Waals surface area contributed by atoms with Crippen LogP contribution in [0.2, 0.25) is 0 Å². The van der Waals surface area contributed by atoms with Crippen LogP contribution in [0.15, 0.2) is 47.4 Å². The molecule has 0 aliphatic rings. The second-order valence-electron chi connectivity index (χ2n) is 4.89. The lowest BCUT2D eigenvalue weighted by molar-refractivity contribution is 0.414. The number of anilines is 1. The summed E-state index contributed by atoms with van der Waals surface area (Å²) in [4.78, 5) is -0.0765. The Morgan fingerprint density at radius 3 is 2.70 bits per heavy atom. The fourth-order valence-corrected chi connectivity index (χ4v) is 2.66. The maximum atomic E-state index is 11.3. The van der Waals surface area contributed by atoms with Gasteiger partial charge in [-0.3, -0.25) is 0 Å². The second-order valence-corrected chi connectivity index (χ2v) is 6.45. The van der Waals surface area contributed by atoms with E-state index in [4.69, 9.17) is 15.1 Å². The van der Waals surface area contributed by atoms with Crippen molar-refractivity contribution in [2.75, 3.05) is 19.0 Å². The predicted octanol–water partition coefficient (Wildman–Crippen LogP) is 1.87. The highest BCUT2D eigenvalue weighted by Gasteiger charge is 2.11. The van der Waals surface area contributed by atoms with Gasteiger partial charge in [0.15, 0.2) is 0 Å². The molecule has 0 saturated carbocycles. The highest BCUT2D eigenvalue weighted by molar-refractivity contribution is 7.89. The van der Waals surface area contributed by atoms with Gasteiger partial charge in [0, 0.05) is 6.54 Å². The minimum atomic E-state index is -3.82. The van der Waals surface area contributed by atoms with Crippen molar-refractivity contribution in [3.63, 3.8) is 0 Å². The molecule has 0 amide bonds. The third-order valence-corrected chi connectivity index (χ3v) is 4.21. The van der Waals surface area contributed by atoms with Crippen LogP contribution in [-0.4, -0.2) is 22.1 Å². The lowest BCUT2D eigenvalue weighted by Crippen LogP contribution is -2.13. The van der Waals surface area contributed by atoms with Crippen LogP contribution in [0.25, 0.3) is 0 Å². The molecule has 0 radical (unpaired) electrons. The van der Waals surface area contributed by atoms with E-state index < -0.39 is 10.0 Å². The van der Waals surface area contributed by atoms with Crippen LogP contribution >= 0.6 is 0 Å². The van der Waals surface area contributed by atoms with Crippen molar-refractivity contribution in [1.29, 1.82) is 5.26 Å². The van der Waals surface area contributed by atoms with E-state index in [9.17, 15) is 8.42 Å². The third-order valence-electron chi connectivity index (χ3n) is 3.30. The van der Waals surface area contributed by atoms with E-state index in [1.807, 2.05) is 30.3 Å². The standard InChI is InChI=1S/C16H17N3O3S/c1-22-14-4-2-3-12(9-14)7-8-19-16-6-5-15(23(18,20)21)10-13(16)11-17/h2-6,9-10,19H,7-8H2,1H3,(H2,18,20,21). The number of nitrogens with zero attached hydrogens (tertiary/aromatic N) is 1. The summed E-state index contributed by atoms with van der Waals surface area (Å²) >= 11 is 0. The Hall–Kier alpha value is -2.56. The second kappa shape index (κ2) is 7.13. The molecule has 2 rings (SSSR count). The molecular formula is C16H17N3O3S. The number of ether oxygens (including phenoxy) is 1. The quantitative estimate of drug-likeness (QED) is 0.840. The first-order valence-corrected chi connectivity index (χ1v) is 8.42. The van der Waals surface area contributed by atoms with Crippen molar-refractivity contribution in [2.45, 2.75) is 11.3 Å². The molecular weight excluding hydrogens is 314 g/mol. The SMILES string of the molecule is COc1cccc(CCNc2ccc(S(N)(=O)=O)cc2C#N)c1. The lowest BCUT2D eigenvalue weighted by atomic mass is 10.1. The highest BCUT2D eigenvalue weighted by Crippen LogP contribution is 2.19. The fraction of sp³-hybridized carbons (Fsp3) is 0.188. The van der Waals surface area contributed by atoms with Crippen molar-refractivity contribution in [3.8, 4) is 11.8 Å². The van der Waals surface area contributed by atoms with E-state index in [0.29, 0.717) is 12.2 Å². The van der Waals surface area contributed by atoms with Gasteiger partial charge >= 0.3 is 0 Å². The average molecular weight is 331 g/mol. The smallest absolute Gasteiger partial charge is 0.238 e. The monoisotopic (exact) mass is 331 g/mol. The zero-order valence-corrected chi connectivity index (χ0v) is 13.4. The van der Waals surface area contributed by atoms with E-state index in [-0.39, 0.29) is 10.5 Å². The summed E-state index contributed by atoms with van der Waals surface area (Å²) in [5.74, 6) is 0.790. The maximum absolute atomic E-state index is 11.3. The first-order valence-electron chi connectivity index (χ1n) is 6.88. The zero-order valence-electron chi connectivity index (χ0n) is 12.6. The molecule has 2 aromatic rings. The van der Waals surface area contributed by atoms with E-state index in [2.05, 4.69) is 5.32 Å². The Labute approximate surface area is 135 Å². The molecule has 0 spiro atoms. The van der Waals surface area contributed by atoms with Crippen LogP contribution < -0.4 is 15.2 Å². The number of sulfonamides is 1. The molecule has 0 heterocycles. The van der Waals surface area contributed by atoms with Crippen molar-refractivity contribution in [2.24, 2.45) is 5.14 Å². The number of primary sulfonamides is 1. The number of methoxy groups -OCH3 is 1. The topological polar surface area (TPSA) is 105 Å². The Kier molecular flexibility index (Phi) is 5.21. The van der Waals surface area contributed by atoms with Gasteiger partial charge in [-0.2, -0.15) is 5.26 Å². The van der Waals surface area contributed by atoms with Crippen LogP contribution in [0.4, 0.5) is 5.69 Å². The van der Waals surface area contributed by atoms with Crippen molar-refractivity contribution < 1.29 is 13.2 Å². The van der Waals surface area contributed by atoms with Crippen LogP contribution in [0, 0.1) is 11.3 Å². The molecule has 7 heteroatoms. The summed E-state index contributed by atoms with van der Waals surface area (Å²) in [6.45, 7) is 0.594. The van der Waals surface area contributed by atoms with Gasteiger partial charge in [-0.25, -0.2) is 13.6 Å². The van der Waals surface area contributed by atoms with Gasteiger partial charge in [0.2, 0.25) is 10.0 Å². The van der Waals surface area contributed by atoms with Gasteiger partial charge in [0.25, 0.3) is 0 Å². The van der Waals surface area contributed by atoms with Crippen molar-refractivity contribution >= 4 is 15.7 Å². The molecule has 3 N–H and O–H groups in total. The number of nitrogens with two attached hydrogens (primary N) is 1. The predicted molar refractivity (Wildman–Crippen MR) is 87.7 cm³/mol. The van der Waals surface area contributed by atoms with Crippen molar-refractivity contribution in [1.82, 2.24) is 0 Å². The molecule has 23 heavy (non-hydrogen) atoms. The first kappa shape index (κ1) is 16.8. The largest absolute Gasteiger partial charge is 0.497 e. The molecule has 120 valence electrons. The Bertz CT molecular complexity index is 842. The van der Waals surface area contributed by atoms with Crippen LogP contribution in [0.3, 0.4) is 0 Å². The summed E-state index contributed by atoms with van der Waals surface area (Å²) in [6, 6.07) is 13.9. The van der Waals surface area contributed by atoms with Gasteiger partial charge in [0.1, 0.15) is 11.8 Å². The molecule has 0 saturated heterocycles. The molecule has 0 bridgehead atoms. The lowest BCUT2D eigenvalue weighted by Gasteiger charge is -2.10. The van der Waals surface area contributed by atoms with Crippen LogP contribution in [0.1, 0.15) is 11.1 Å². The van der Waals surface area contributed by atoms with Gasteiger partial charge in [0.05, 0.1) is 23.3 Å². The van der Waals surface area contributed by atoms with Gasteiger partial charge in [-0.1, -0.05) is 12.1 Å². The molecule has 0 aliphatic carbocycles. The summed E-state index contributed by atoms with van der Waals surface area (Å²) in [6.07, 6.45) is 0.735. The maximum Gasteiger partial charge on any atom is 0.238 e. The summed E-state index contributed by atoms with van der Waals surface area (Å²) in [7, 11) is -2.20. The van der Waals surface area contributed by atoms with E-state index in [1.165, 1.54) is 12.1 Å². The average Bonchev–Trinajstić information content (AvgIpc) is 2.54. The van der Waals surface area contributed by atoms with Gasteiger partial charge in [-0.15, -0.1) is 0 Å². The minimum absolute atomic E-state index is 0.0765. The number of hydrogen-bond donors (Lipinski definition) is 2. The van der Waals surface area contributed by atoms with E-state index >= 15 is 0 Å². The van der Waals surface area contributed by atoms with Crippen molar-refractivity contribution in [3.05, 3.63) is 53.6 Å². The fourth-order valence-electron chi connectivity index (χ4n) is 2.12. The highest BCUT2D eigenvalue weighted by atomic mass is 32.2. The minimum Gasteiger partial charge on any atom is -0.497 e. The molecule has 0 atom stereocenters. The molecule has 0 aliphatic heterocycles. The molecule has 2 aromatic carbocycles. The zero-order chi connectivity index (χ0) is 16.9. The number of nitriles is 1. The molecule has 0 fully saturated rings. The molecule has 6 nitrogen and oxygen atoms in total. The summed E-state index contributed by atoms with van der Waals surface area (Å²) < 4.78 is 27.8. The number of benzene rings is 2. The molecule has 0 aromatic heterocycles. The van der Waals surface area contributed by atoms with Crippen LogP contribution in [-0.2, 0) is 16.4 Å². The van der Waals surface area contributed by atoms with E-state index in [1.54, 1.807) is 13.2 Å². The van der Waals surface area contributed by atoms with Gasteiger partial charge < -0.3 is 10.1 Å². The molecule has 0 unspecified atom stereocenters. The summed E-state index contributed by atoms with van der Waals surface area (Å²) in [5, 5.41) is 17.3. The normalized spacial score (nSPS) is 10.8. The Balaban J connectivity index is 2.07. The number of nitrogens with one attached hydrogen (secondary N) is 1. The van der Waals surface area contributed by atoms with E-state index in [0.717, 1.165) is 17.7 Å². The summed E-state index contributed by atoms with van der Waals surface area (Å²) in [5.41, 5.74) is 1.90. The number of hydrogen-bond acceptors (Lipinski definition) is 5. The van der Waals surface area contributed by atoms with Gasteiger partial charge in [-0.05, 0) is 42.3 Å².